The van der Waals surface area contributed by atoms with Gasteiger partial charge in [-0.2, -0.15) is 0 Å². The van der Waals surface area contributed by atoms with Gasteiger partial charge in [-0.05, 0) is 51.2 Å². The minimum atomic E-state index is -0.571. The molecule has 0 unspecified atom stereocenters. The third kappa shape index (κ3) is 6.72. The first-order chi connectivity index (χ1) is 13.8. The third-order valence-electron chi connectivity index (χ3n) is 5.79. The van der Waals surface area contributed by atoms with Gasteiger partial charge in [0.15, 0.2) is 0 Å². The highest BCUT2D eigenvalue weighted by Crippen LogP contribution is 2.33. The van der Waals surface area contributed by atoms with E-state index in [-0.39, 0.29) is 24.0 Å². The van der Waals surface area contributed by atoms with Crippen LogP contribution in [0.4, 0.5) is 4.79 Å². The minimum Gasteiger partial charge on any atom is -0.462 e. The maximum atomic E-state index is 12.7. The lowest BCUT2D eigenvalue weighted by Gasteiger charge is -2.30. The summed E-state index contributed by atoms with van der Waals surface area (Å²) < 4.78 is 11.1. The monoisotopic (exact) mass is 402 g/mol. The fourth-order valence-corrected chi connectivity index (χ4v) is 4.48. The van der Waals surface area contributed by atoms with Crippen LogP contribution in [0.5, 0.6) is 0 Å². The Bertz CT molecular complexity index is 680. The van der Waals surface area contributed by atoms with E-state index in [1.807, 2.05) is 32.9 Å². The van der Waals surface area contributed by atoms with Crippen LogP contribution in [0, 0.1) is 11.8 Å². The molecule has 2 heterocycles. The van der Waals surface area contributed by atoms with Crippen LogP contribution in [0.1, 0.15) is 71.3 Å². The molecule has 1 saturated carbocycles. The summed E-state index contributed by atoms with van der Waals surface area (Å²) in [6.45, 7) is 5.53. The molecule has 2 fully saturated rings. The van der Waals surface area contributed by atoms with Crippen LogP contribution < -0.4 is 5.32 Å². The van der Waals surface area contributed by atoms with E-state index in [2.05, 4.69) is 10.3 Å². The number of pyridine rings is 1. The Labute approximate surface area is 173 Å². The van der Waals surface area contributed by atoms with Gasteiger partial charge in [-0.15, -0.1) is 0 Å². The number of aromatic nitrogens is 1. The fourth-order valence-electron chi connectivity index (χ4n) is 4.48. The van der Waals surface area contributed by atoms with Crippen molar-refractivity contribution in [3.8, 4) is 0 Å². The van der Waals surface area contributed by atoms with Gasteiger partial charge in [-0.1, -0.05) is 38.2 Å². The molecule has 3 rings (SSSR count). The highest BCUT2D eigenvalue weighted by molar-refractivity contribution is 5.77. The molecular weight excluding hydrogens is 368 g/mol. The summed E-state index contributed by atoms with van der Waals surface area (Å²) in [6.07, 6.45) is 11.0. The summed E-state index contributed by atoms with van der Waals surface area (Å²) in [5, 5.41) is 3.00. The molecule has 160 valence electrons. The van der Waals surface area contributed by atoms with E-state index in [1.165, 1.54) is 19.3 Å². The van der Waals surface area contributed by atoms with Gasteiger partial charge in [-0.3, -0.25) is 9.78 Å². The van der Waals surface area contributed by atoms with Crippen LogP contribution in [-0.2, 0) is 20.7 Å². The SMILES string of the molecule is CC(C)(C)OC(=O)N[C@@H](CC1CCCCC1)[C@H]1C[C@@H](Cc2cccnc2)OC1=O. The molecule has 1 N–H and O–H groups in total. The number of ether oxygens (including phenoxy) is 2. The van der Waals surface area contributed by atoms with E-state index < -0.39 is 11.7 Å². The van der Waals surface area contributed by atoms with Gasteiger partial charge in [-0.25, -0.2) is 4.79 Å². The van der Waals surface area contributed by atoms with E-state index in [0.717, 1.165) is 24.8 Å². The molecule has 1 aromatic heterocycles. The second kappa shape index (κ2) is 9.59. The lowest BCUT2D eigenvalue weighted by Crippen LogP contribution is -2.45. The predicted octanol–water partition coefficient (Wildman–Crippen LogP) is 4.42. The van der Waals surface area contributed by atoms with Gasteiger partial charge in [0.05, 0.1) is 5.92 Å². The van der Waals surface area contributed by atoms with Crippen molar-refractivity contribution in [3.63, 3.8) is 0 Å². The van der Waals surface area contributed by atoms with E-state index in [1.54, 1.807) is 12.4 Å². The van der Waals surface area contributed by atoms with Crippen molar-refractivity contribution in [1.29, 1.82) is 0 Å². The summed E-state index contributed by atoms with van der Waals surface area (Å²) in [5.41, 5.74) is 0.480. The van der Waals surface area contributed by atoms with E-state index in [4.69, 9.17) is 9.47 Å². The molecular formula is C23H34N2O4. The normalized spacial score (nSPS) is 24.0. The number of esters is 1. The summed E-state index contributed by atoms with van der Waals surface area (Å²) in [4.78, 5) is 29.3. The van der Waals surface area contributed by atoms with Crippen molar-refractivity contribution in [2.75, 3.05) is 0 Å². The number of cyclic esters (lactones) is 1. The molecule has 1 amide bonds. The topological polar surface area (TPSA) is 77.5 Å². The predicted molar refractivity (Wildman–Crippen MR) is 110 cm³/mol. The Morgan fingerprint density at radius 1 is 1.31 bits per heavy atom. The number of carbonyl (C=O) groups excluding carboxylic acids is 2. The molecule has 2 aliphatic rings. The number of rotatable bonds is 6. The smallest absolute Gasteiger partial charge is 0.407 e. The fraction of sp³-hybridized carbons (Fsp3) is 0.696. The van der Waals surface area contributed by atoms with Gasteiger partial charge < -0.3 is 14.8 Å². The van der Waals surface area contributed by atoms with Crippen LogP contribution in [0.15, 0.2) is 24.5 Å². The van der Waals surface area contributed by atoms with Gasteiger partial charge in [0, 0.05) is 24.9 Å². The van der Waals surface area contributed by atoms with Crippen LogP contribution in [-0.4, -0.2) is 34.8 Å². The maximum absolute atomic E-state index is 12.7. The van der Waals surface area contributed by atoms with Gasteiger partial charge in [0.25, 0.3) is 0 Å². The first-order valence-electron chi connectivity index (χ1n) is 10.9. The Hall–Kier alpha value is -2.11. The summed E-state index contributed by atoms with van der Waals surface area (Å²) >= 11 is 0. The van der Waals surface area contributed by atoms with Crippen LogP contribution >= 0.6 is 0 Å². The van der Waals surface area contributed by atoms with Gasteiger partial charge >= 0.3 is 12.1 Å². The maximum Gasteiger partial charge on any atom is 0.407 e. The summed E-state index contributed by atoms with van der Waals surface area (Å²) in [5.74, 6) is -0.00395. The number of carbonyl (C=O) groups is 2. The van der Waals surface area contributed by atoms with Crippen LogP contribution in [0.2, 0.25) is 0 Å². The average Bonchev–Trinajstić information content (AvgIpc) is 3.01. The van der Waals surface area contributed by atoms with Crippen LogP contribution in [0.25, 0.3) is 0 Å². The van der Waals surface area contributed by atoms with Crippen LogP contribution in [0.3, 0.4) is 0 Å². The zero-order chi connectivity index (χ0) is 20.9. The Balaban J connectivity index is 1.66. The molecule has 0 aromatic carbocycles. The lowest BCUT2D eigenvalue weighted by molar-refractivity contribution is -0.145. The van der Waals surface area contributed by atoms with Crippen molar-refractivity contribution < 1.29 is 19.1 Å². The first-order valence-corrected chi connectivity index (χ1v) is 10.9. The number of hydrogen-bond acceptors (Lipinski definition) is 5. The van der Waals surface area contributed by atoms with Crippen molar-refractivity contribution in [3.05, 3.63) is 30.1 Å². The molecule has 6 heteroatoms. The van der Waals surface area contributed by atoms with Gasteiger partial charge in [0.1, 0.15) is 11.7 Å². The molecule has 0 bridgehead atoms. The number of alkyl carbamates (subject to hydrolysis) is 1. The van der Waals surface area contributed by atoms with Crippen molar-refractivity contribution in [1.82, 2.24) is 10.3 Å². The molecule has 6 nitrogen and oxygen atoms in total. The Morgan fingerprint density at radius 3 is 2.72 bits per heavy atom. The molecule has 3 atom stereocenters. The average molecular weight is 403 g/mol. The highest BCUT2D eigenvalue weighted by atomic mass is 16.6. The zero-order valence-corrected chi connectivity index (χ0v) is 17.9. The van der Waals surface area contributed by atoms with Crippen molar-refractivity contribution in [2.45, 2.75) is 89.9 Å². The number of hydrogen-bond donors (Lipinski definition) is 1. The summed E-state index contributed by atoms with van der Waals surface area (Å²) in [6, 6.07) is 3.63. The van der Waals surface area contributed by atoms with Crippen molar-refractivity contribution in [2.24, 2.45) is 11.8 Å². The zero-order valence-electron chi connectivity index (χ0n) is 17.9. The van der Waals surface area contributed by atoms with E-state index in [9.17, 15) is 9.59 Å². The second-order valence-corrected chi connectivity index (χ2v) is 9.46. The molecule has 1 aromatic rings. The van der Waals surface area contributed by atoms with Crippen molar-refractivity contribution >= 4 is 12.1 Å². The number of nitrogens with one attached hydrogen (secondary N) is 1. The molecule has 1 saturated heterocycles. The van der Waals surface area contributed by atoms with E-state index in [0.29, 0.717) is 18.8 Å². The molecule has 29 heavy (non-hydrogen) atoms. The lowest BCUT2D eigenvalue weighted by atomic mass is 9.81. The molecule has 0 radical (unpaired) electrons. The highest BCUT2D eigenvalue weighted by Gasteiger charge is 2.41. The molecule has 0 spiro atoms. The second-order valence-electron chi connectivity index (χ2n) is 9.46. The third-order valence-corrected chi connectivity index (χ3v) is 5.79. The molecule has 1 aliphatic heterocycles. The largest absolute Gasteiger partial charge is 0.462 e. The standard InChI is InChI=1S/C23H34N2O4/c1-23(2,3)29-22(27)25-20(13-16-8-5-4-6-9-16)19-14-18(28-21(19)26)12-17-10-7-11-24-15-17/h7,10-11,15-16,18-20H,4-6,8-9,12-14H2,1-3H3,(H,25,27)/t18-,19-,20+/m1/s1. The Morgan fingerprint density at radius 2 is 2.07 bits per heavy atom. The molecule has 1 aliphatic carbocycles. The summed E-state index contributed by atoms with van der Waals surface area (Å²) in [7, 11) is 0. The number of amides is 1. The first kappa shape index (κ1) is 21.6. The Kier molecular flexibility index (Phi) is 7.14. The minimum absolute atomic E-state index is 0.175. The number of nitrogens with zero attached hydrogens (tertiary/aromatic N) is 1. The quantitative estimate of drug-likeness (QED) is 0.713. The van der Waals surface area contributed by atoms with Gasteiger partial charge in [0.2, 0.25) is 0 Å². The van der Waals surface area contributed by atoms with E-state index >= 15 is 0 Å².